The van der Waals surface area contributed by atoms with Gasteiger partial charge >= 0.3 is 5.97 Å². The molecule has 0 saturated heterocycles. The van der Waals surface area contributed by atoms with E-state index in [1.165, 1.54) is 0 Å². The number of carbonyl (C=O) groups is 1. The molecular weight excluding hydrogens is 188 g/mol. The summed E-state index contributed by atoms with van der Waals surface area (Å²) in [6.07, 6.45) is 0. The number of rotatable bonds is 3. The van der Waals surface area contributed by atoms with Gasteiger partial charge < -0.3 is 4.74 Å². The maximum Gasteiger partial charge on any atom is 0.338 e. The van der Waals surface area contributed by atoms with Gasteiger partial charge in [-0.15, -0.1) is 11.6 Å². The van der Waals surface area contributed by atoms with Crippen molar-refractivity contribution in [3.8, 4) is 0 Å². The first-order chi connectivity index (χ1) is 6.20. The smallest absolute Gasteiger partial charge is 0.338 e. The van der Waals surface area contributed by atoms with Gasteiger partial charge in [0.05, 0.1) is 10.9 Å². The van der Waals surface area contributed by atoms with Gasteiger partial charge in [-0.3, -0.25) is 0 Å². The maximum absolute atomic E-state index is 11.3. The quantitative estimate of drug-likeness (QED) is 0.551. The van der Waals surface area contributed by atoms with Crippen LogP contribution >= 0.6 is 11.6 Å². The van der Waals surface area contributed by atoms with E-state index in [1.54, 1.807) is 31.2 Å². The molecule has 1 aromatic carbocycles. The molecule has 0 heterocycles. The van der Waals surface area contributed by atoms with Crippen LogP contribution in [-0.2, 0) is 4.74 Å². The van der Waals surface area contributed by atoms with E-state index in [9.17, 15) is 4.79 Å². The van der Waals surface area contributed by atoms with Crippen molar-refractivity contribution in [3.63, 3.8) is 0 Å². The van der Waals surface area contributed by atoms with Gasteiger partial charge in [-0.25, -0.2) is 4.79 Å². The maximum atomic E-state index is 11.3. The fraction of sp³-hybridized carbons (Fsp3) is 0.300. The molecule has 3 heteroatoms. The monoisotopic (exact) mass is 198 g/mol. The van der Waals surface area contributed by atoms with Gasteiger partial charge in [0.25, 0.3) is 0 Å². The highest BCUT2D eigenvalue weighted by atomic mass is 35.5. The standard InChI is InChI=1S/C10H11ClO2/c1-8(11)7-13-10(12)9-5-3-2-4-6-9/h2-6,8H,7H2,1H3/t8-/m1/s1. The molecule has 1 atom stereocenters. The van der Waals surface area contributed by atoms with Crippen LogP contribution in [0.1, 0.15) is 17.3 Å². The minimum absolute atomic E-state index is 0.146. The van der Waals surface area contributed by atoms with Crippen molar-refractivity contribution >= 4 is 17.6 Å². The Balaban J connectivity index is 2.50. The summed E-state index contributed by atoms with van der Waals surface area (Å²) in [4.78, 5) is 11.3. The molecule has 2 nitrogen and oxygen atoms in total. The molecule has 0 aliphatic carbocycles. The van der Waals surface area contributed by atoms with Crippen LogP contribution in [0.5, 0.6) is 0 Å². The second-order valence-corrected chi connectivity index (χ2v) is 3.49. The summed E-state index contributed by atoms with van der Waals surface area (Å²) in [5.74, 6) is -0.326. The Labute approximate surface area is 82.5 Å². The molecule has 1 aromatic rings. The van der Waals surface area contributed by atoms with Crippen molar-refractivity contribution in [2.45, 2.75) is 12.3 Å². The Kier molecular flexibility index (Phi) is 3.77. The van der Waals surface area contributed by atoms with E-state index in [-0.39, 0.29) is 18.0 Å². The largest absolute Gasteiger partial charge is 0.461 e. The van der Waals surface area contributed by atoms with Gasteiger partial charge in [-0.05, 0) is 19.1 Å². The Morgan fingerprint density at radius 2 is 2.08 bits per heavy atom. The molecule has 0 radical (unpaired) electrons. The number of hydrogen-bond donors (Lipinski definition) is 0. The average Bonchev–Trinajstić information content (AvgIpc) is 2.15. The minimum atomic E-state index is -0.326. The van der Waals surface area contributed by atoms with Gasteiger partial charge in [0, 0.05) is 0 Å². The summed E-state index contributed by atoms with van der Waals surface area (Å²) in [7, 11) is 0. The van der Waals surface area contributed by atoms with E-state index in [0.29, 0.717) is 5.56 Å². The predicted molar refractivity (Wildman–Crippen MR) is 52.0 cm³/mol. The third kappa shape index (κ3) is 3.47. The number of alkyl halides is 1. The number of esters is 1. The summed E-state index contributed by atoms with van der Waals surface area (Å²) in [6.45, 7) is 2.02. The van der Waals surface area contributed by atoms with Crippen molar-refractivity contribution < 1.29 is 9.53 Å². The molecule has 0 fully saturated rings. The molecular formula is C10H11ClO2. The van der Waals surface area contributed by atoms with Crippen LogP contribution in [0, 0.1) is 0 Å². The normalized spacial score (nSPS) is 12.2. The Morgan fingerprint density at radius 3 is 2.62 bits per heavy atom. The van der Waals surface area contributed by atoms with Crippen LogP contribution in [-0.4, -0.2) is 18.0 Å². The van der Waals surface area contributed by atoms with Crippen LogP contribution in [0.25, 0.3) is 0 Å². The molecule has 0 N–H and O–H groups in total. The first kappa shape index (κ1) is 10.1. The summed E-state index contributed by atoms with van der Waals surface area (Å²) < 4.78 is 4.92. The second kappa shape index (κ2) is 4.87. The van der Waals surface area contributed by atoms with Crippen molar-refractivity contribution in [2.75, 3.05) is 6.61 Å². The summed E-state index contributed by atoms with van der Waals surface area (Å²) in [6, 6.07) is 8.85. The molecule has 70 valence electrons. The lowest BCUT2D eigenvalue weighted by molar-refractivity contribution is 0.0508. The molecule has 13 heavy (non-hydrogen) atoms. The highest BCUT2D eigenvalue weighted by molar-refractivity contribution is 6.20. The van der Waals surface area contributed by atoms with Crippen LogP contribution in [0.4, 0.5) is 0 Å². The molecule has 1 rings (SSSR count). The number of halogens is 1. The van der Waals surface area contributed by atoms with E-state index >= 15 is 0 Å². The number of benzene rings is 1. The molecule has 0 aliphatic heterocycles. The van der Waals surface area contributed by atoms with E-state index in [4.69, 9.17) is 16.3 Å². The number of hydrogen-bond acceptors (Lipinski definition) is 2. The second-order valence-electron chi connectivity index (χ2n) is 2.75. The van der Waals surface area contributed by atoms with Crippen LogP contribution < -0.4 is 0 Å². The van der Waals surface area contributed by atoms with Crippen LogP contribution in [0.15, 0.2) is 30.3 Å². The predicted octanol–water partition coefficient (Wildman–Crippen LogP) is 2.47. The Hall–Kier alpha value is -1.02. The molecule has 0 aliphatic rings. The molecule has 0 aromatic heterocycles. The molecule has 0 saturated carbocycles. The third-order valence-electron chi connectivity index (χ3n) is 1.45. The van der Waals surface area contributed by atoms with Crippen molar-refractivity contribution in [1.29, 1.82) is 0 Å². The van der Waals surface area contributed by atoms with Crippen LogP contribution in [0.2, 0.25) is 0 Å². The first-order valence-corrected chi connectivity index (χ1v) is 4.50. The van der Waals surface area contributed by atoms with Crippen LogP contribution in [0.3, 0.4) is 0 Å². The lowest BCUT2D eigenvalue weighted by Gasteiger charge is -2.05. The number of carbonyl (C=O) groups excluding carboxylic acids is 1. The molecule has 0 bridgehead atoms. The lowest BCUT2D eigenvalue weighted by atomic mass is 10.2. The van der Waals surface area contributed by atoms with E-state index in [1.807, 2.05) is 6.07 Å². The van der Waals surface area contributed by atoms with Gasteiger partial charge in [-0.1, -0.05) is 18.2 Å². The van der Waals surface area contributed by atoms with Gasteiger partial charge in [-0.2, -0.15) is 0 Å². The summed E-state index contributed by atoms with van der Waals surface area (Å²) in [5.41, 5.74) is 0.555. The Morgan fingerprint density at radius 1 is 1.46 bits per heavy atom. The molecule has 0 amide bonds. The van der Waals surface area contributed by atoms with E-state index in [2.05, 4.69) is 0 Å². The average molecular weight is 199 g/mol. The summed E-state index contributed by atoms with van der Waals surface area (Å²) >= 11 is 5.63. The SMILES string of the molecule is C[C@@H](Cl)COC(=O)c1ccccc1. The first-order valence-electron chi connectivity index (χ1n) is 4.06. The highest BCUT2D eigenvalue weighted by Gasteiger charge is 2.06. The van der Waals surface area contributed by atoms with Crippen molar-refractivity contribution in [3.05, 3.63) is 35.9 Å². The third-order valence-corrected chi connectivity index (χ3v) is 1.58. The fourth-order valence-electron chi connectivity index (χ4n) is 0.848. The molecule has 0 spiro atoms. The van der Waals surface area contributed by atoms with E-state index < -0.39 is 0 Å². The van der Waals surface area contributed by atoms with Crippen molar-refractivity contribution in [2.24, 2.45) is 0 Å². The summed E-state index contributed by atoms with van der Waals surface area (Å²) in [5, 5.41) is -0.146. The topological polar surface area (TPSA) is 26.3 Å². The highest BCUT2D eigenvalue weighted by Crippen LogP contribution is 2.02. The Bertz CT molecular complexity index is 270. The minimum Gasteiger partial charge on any atom is -0.461 e. The van der Waals surface area contributed by atoms with Crippen molar-refractivity contribution in [1.82, 2.24) is 0 Å². The zero-order chi connectivity index (χ0) is 9.68. The molecule has 0 unspecified atom stereocenters. The lowest BCUT2D eigenvalue weighted by Crippen LogP contribution is -2.11. The zero-order valence-corrected chi connectivity index (χ0v) is 8.12. The van der Waals surface area contributed by atoms with E-state index in [0.717, 1.165) is 0 Å². The fourth-order valence-corrected chi connectivity index (χ4v) is 0.911. The van der Waals surface area contributed by atoms with Gasteiger partial charge in [0.15, 0.2) is 0 Å². The number of ether oxygens (including phenoxy) is 1. The zero-order valence-electron chi connectivity index (χ0n) is 7.37. The van der Waals surface area contributed by atoms with Gasteiger partial charge in [0.2, 0.25) is 0 Å². The van der Waals surface area contributed by atoms with Gasteiger partial charge in [0.1, 0.15) is 6.61 Å².